The number of nitrogens with one attached hydrogen (secondary N) is 1. The van der Waals surface area contributed by atoms with E-state index >= 15 is 0 Å². The van der Waals surface area contributed by atoms with Crippen LogP contribution in [0.1, 0.15) is 30.1 Å². The fourth-order valence-electron chi connectivity index (χ4n) is 1.96. The maximum Gasteiger partial charge on any atom is 0.335 e. The van der Waals surface area contributed by atoms with Gasteiger partial charge >= 0.3 is 5.97 Å². The Morgan fingerprint density at radius 2 is 2.21 bits per heavy atom. The maximum atomic E-state index is 12.2. The summed E-state index contributed by atoms with van der Waals surface area (Å²) in [6, 6.07) is 3.88. The minimum absolute atomic E-state index is 0.000972. The molecular weight excluding hydrogens is 334 g/mol. The van der Waals surface area contributed by atoms with E-state index < -0.39 is 16.0 Å². The number of sulfonamides is 1. The van der Waals surface area contributed by atoms with Crippen molar-refractivity contribution in [3.8, 4) is 0 Å². The second kappa shape index (κ2) is 5.22. The third-order valence-corrected chi connectivity index (χ3v) is 5.69. The monoisotopic (exact) mass is 347 g/mol. The molecule has 1 aliphatic rings. The van der Waals surface area contributed by atoms with Gasteiger partial charge in [0.2, 0.25) is 10.0 Å². The number of carbonyl (C=O) groups is 1. The Balaban J connectivity index is 2.23. The summed E-state index contributed by atoms with van der Waals surface area (Å²) in [5, 5.41) is 8.84. The molecular formula is C12H14BrNO4S. The van der Waals surface area contributed by atoms with Gasteiger partial charge in [0.1, 0.15) is 0 Å². The molecule has 1 aliphatic carbocycles. The lowest BCUT2D eigenvalue weighted by Crippen LogP contribution is -2.27. The summed E-state index contributed by atoms with van der Waals surface area (Å²) < 4.78 is 27.2. The Hall–Kier alpha value is -0.920. The first-order valence-corrected chi connectivity index (χ1v) is 8.18. The van der Waals surface area contributed by atoms with Crippen LogP contribution in [0.5, 0.6) is 0 Å². The average molecular weight is 348 g/mol. The van der Waals surface area contributed by atoms with Crippen LogP contribution < -0.4 is 4.72 Å². The van der Waals surface area contributed by atoms with E-state index in [2.05, 4.69) is 20.7 Å². The molecule has 1 aromatic carbocycles. The molecule has 104 valence electrons. The minimum atomic E-state index is -3.60. The van der Waals surface area contributed by atoms with Crippen molar-refractivity contribution in [3.63, 3.8) is 0 Å². The van der Waals surface area contributed by atoms with Gasteiger partial charge in [-0.2, -0.15) is 0 Å². The van der Waals surface area contributed by atoms with Gasteiger partial charge in [-0.15, -0.1) is 0 Å². The van der Waals surface area contributed by atoms with Gasteiger partial charge in [-0.1, -0.05) is 13.3 Å². The quantitative estimate of drug-likeness (QED) is 0.855. The van der Waals surface area contributed by atoms with E-state index in [0.29, 0.717) is 5.92 Å². The highest BCUT2D eigenvalue weighted by atomic mass is 79.9. The summed E-state index contributed by atoms with van der Waals surface area (Å²) in [4.78, 5) is 10.9. The first-order valence-electron chi connectivity index (χ1n) is 5.90. The zero-order valence-corrected chi connectivity index (χ0v) is 12.7. The predicted molar refractivity (Wildman–Crippen MR) is 73.6 cm³/mol. The Kier molecular flexibility index (Phi) is 3.98. The molecule has 0 heterocycles. The van der Waals surface area contributed by atoms with Crippen molar-refractivity contribution >= 4 is 31.9 Å². The van der Waals surface area contributed by atoms with Crippen LogP contribution in [0.15, 0.2) is 27.6 Å². The number of hydrogen-bond acceptors (Lipinski definition) is 3. The largest absolute Gasteiger partial charge is 0.478 e. The fourth-order valence-corrected chi connectivity index (χ4v) is 4.35. The standard InChI is InChI=1S/C12H14BrNO4S/c1-2-7-6-10(7)14-19(17,18)11-4-3-8(12(15)16)5-9(11)13/h3-5,7,10,14H,2,6H2,1H3,(H,15,16). The van der Waals surface area contributed by atoms with Crippen molar-refractivity contribution < 1.29 is 18.3 Å². The number of hydrogen-bond donors (Lipinski definition) is 2. The van der Waals surface area contributed by atoms with E-state index in [0.717, 1.165) is 12.8 Å². The van der Waals surface area contributed by atoms with Crippen LogP contribution in [-0.4, -0.2) is 25.5 Å². The third kappa shape index (κ3) is 3.16. The molecule has 0 radical (unpaired) electrons. The average Bonchev–Trinajstić information content (AvgIpc) is 3.05. The van der Waals surface area contributed by atoms with E-state index in [-0.39, 0.29) is 21.0 Å². The van der Waals surface area contributed by atoms with Crippen LogP contribution in [0.4, 0.5) is 0 Å². The van der Waals surface area contributed by atoms with Gasteiger partial charge in [0.15, 0.2) is 0 Å². The minimum Gasteiger partial charge on any atom is -0.478 e. The Bertz CT molecular complexity index is 614. The summed E-state index contributed by atoms with van der Waals surface area (Å²) in [5.41, 5.74) is 0.0451. The second-order valence-corrected chi connectivity index (χ2v) is 7.12. The van der Waals surface area contributed by atoms with Crippen LogP contribution in [0, 0.1) is 5.92 Å². The Morgan fingerprint density at radius 1 is 1.53 bits per heavy atom. The summed E-state index contributed by atoms with van der Waals surface area (Å²) in [7, 11) is -3.60. The number of rotatable bonds is 5. The number of aromatic carboxylic acids is 1. The first-order chi connectivity index (χ1) is 8.85. The highest BCUT2D eigenvalue weighted by Crippen LogP contribution is 2.35. The molecule has 1 fully saturated rings. The lowest BCUT2D eigenvalue weighted by atomic mass is 10.2. The van der Waals surface area contributed by atoms with Crippen molar-refractivity contribution in [2.24, 2.45) is 5.92 Å². The third-order valence-electron chi connectivity index (χ3n) is 3.22. The fraction of sp³-hybridized carbons (Fsp3) is 0.417. The molecule has 1 aromatic rings. The van der Waals surface area contributed by atoms with E-state index in [9.17, 15) is 13.2 Å². The topological polar surface area (TPSA) is 83.5 Å². The number of carboxylic acid groups (broad SMARTS) is 1. The molecule has 0 saturated heterocycles. The van der Waals surface area contributed by atoms with Gasteiger partial charge < -0.3 is 5.11 Å². The first kappa shape index (κ1) is 14.5. The maximum absolute atomic E-state index is 12.2. The predicted octanol–water partition coefficient (Wildman–Crippen LogP) is 2.22. The van der Waals surface area contributed by atoms with Crippen molar-refractivity contribution in [3.05, 3.63) is 28.2 Å². The number of benzene rings is 1. The Morgan fingerprint density at radius 3 is 2.68 bits per heavy atom. The summed E-state index contributed by atoms with van der Waals surface area (Å²) >= 11 is 3.11. The normalized spacial score (nSPS) is 22.2. The van der Waals surface area contributed by atoms with Crippen LogP contribution in [0.3, 0.4) is 0 Å². The van der Waals surface area contributed by atoms with Gasteiger partial charge in [-0.05, 0) is 46.5 Å². The molecule has 19 heavy (non-hydrogen) atoms. The van der Waals surface area contributed by atoms with E-state index in [1.807, 2.05) is 6.92 Å². The molecule has 0 aliphatic heterocycles. The molecule has 2 rings (SSSR count). The summed E-state index contributed by atoms with van der Waals surface area (Å²) in [6.45, 7) is 2.02. The molecule has 0 amide bonds. The van der Waals surface area contributed by atoms with E-state index in [1.54, 1.807) is 0 Å². The number of halogens is 1. The summed E-state index contributed by atoms with van der Waals surface area (Å²) in [5.74, 6) is -0.683. The van der Waals surface area contributed by atoms with Crippen LogP contribution in [0.25, 0.3) is 0 Å². The van der Waals surface area contributed by atoms with Gasteiger partial charge in [-0.25, -0.2) is 17.9 Å². The SMILES string of the molecule is CCC1CC1NS(=O)(=O)c1ccc(C(=O)O)cc1Br. The zero-order valence-electron chi connectivity index (χ0n) is 10.3. The van der Waals surface area contributed by atoms with Crippen molar-refractivity contribution in [2.75, 3.05) is 0 Å². The summed E-state index contributed by atoms with van der Waals surface area (Å²) in [6.07, 6.45) is 1.81. The highest BCUT2D eigenvalue weighted by Gasteiger charge is 2.39. The molecule has 0 aromatic heterocycles. The molecule has 1 saturated carbocycles. The molecule has 7 heteroatoms. The Labute approximate surface area is 120 Å². The lowest BCUT2D eigenvalue weighted by Gasteiger charge is -2.08. The van der Waals surface area contributed by atoms with Crippen molar-refractivity contribution in [1.29, 1.82) is 0 Å². The smallest absolute Gasteiger partial charge is 0.335 e. The lowest BCUT2D eigenvalue weighted by molar-refractivity contribution is 0.0696. The van der Waals surface area contributed by atoms with Gasteiger partial charge in [0.05, 0.1) is 10.5 Å². The van der Waals surface area contributed by atoms with Crippen molar-refractivity contribution in [1.82, 2.24) is 4.72 Å². The van der Waals surface area contributed by atoms with Crippen LogP contribution >= 0.6 is 15.9 Å². The van der Waals surface area contributed by atoms with Crippen LogP contribution in [0.2, 0.25) is 0 Å². The molecule has 0 bridgehead atoms. The molecule has 2 unspecified atom stereocenters. The van der Waals surface area contributed by atoms with E-state index in [4.69, 9.17) is 5.11 Å². The zero-order chi connectivity index (χ0) is 14.2. The highest BCUT2D eigenvalue weighted by molar-refractivity contribution is 9.10. The molecule has 5 nitrogen and oxygen atoms in total. The molecule has 2 atom stereocenters. The van der Waals surface area contributed by atoms with Gasteiger partial charge in [0, 0.05) is 10.5 Å². The second-order valence-electron chi connectivity index (χ2n) is 4.58. The molecule has 2 N–H and O–H groups in total. The van der Waals surface area contributed by atoms with Gasteiger partial charge in [0.25, 0.3) is 0 Å². The number of carboxylic acids is 1. The van der Waals surface area contributed by atoms with Crippen LogP contribution in [-0.2, 0) is 10.0 Å². The van der Waals surface area contributed by atoms with Gasteiger partial charge in [-0.3, -0.25) is 0 Å². The molecule has 0 spiro atoms. The van der Waals surface area contributed by atoms with E-state index in [1.165, 1.54) is 18.2 Å². The van der Waals surface area contributed by atoms with Crippen molar-refractivity contribution in [2.45, 2.75) is 30.7 Å².